The predicted octanol–water partition coefficient (Wildman–Crippen LogP) is 4.68. The Balaban J connectivity index is 1.99. The zero-order valence-corrected chi connectivity index (χ0v) is 12.3. The van der Waals surface area contributed by atoms with Crippen molar-refractivity contribution in [3.8, 4) is 0 Å². The summed E-state index contributed by atoms with van der Waals surface area (Å²) in [5.41, 5.74) is 1.13. The quantitative estimate of drug-likeness (QED) is 0.822. The molecule has 1 aromatic heterocycles. The third kappa shape index (κ3) is 3.40. The first-order valence-corrected chi connectivity index (χ1v) is 7.22. The van der Waals surface area contributed by atoms with Crippen LogP contribution in [-0.4, -0.2) is 10.2 Å². The third-order valence-corrected chi connectivity index (χ3v) is 4.36. The van der Waals surface area contributed by atoms with Crippen LogP contribution in [0.15, 0.2) is 22.6 Å². The number of thioether (sulfide) groups is 1. The van der Waals surface area contributed by atoms with Gasteiger partial charge in [-0.3, -0.25) is 0 Å². The lowest BCUT2D eigenvalue weighted by Gasteiger charge is -2.11. The minimum absolute atomic E-state index is 0.284. The average molecular weight is 303 g/mol. The van der Waals surface area contributed by atoms with Gasteiger partial charge in [0.25, 0.3) is 0 Å². The molecule has 0 spiro atoms. The van der Waals surface area contributed by atoms with Crippen molar-refractivity contribution >= 4 is 35.0 Å². The van der Waals surface area contributed by atoms with Crippen LogP contribution >= 0.6 is 35.0 Å². The van der Waals surface area contributed by atoms with Crippen molar-refractivity contribution in [2.45, 2.75) is 24.9 Å². The lowest BCUT2D eigenvalue weighted by molar-refractivity contribution is 0.485. The van der Waals surface area contributed by atoms with Gasteiger partial charge in [0.15, 0.2) is 0 Å². The third-order valence-electron chi connectivity index (χ3n) is 2.44. The minimum atomic E-state index is 0.284. The Morgan fingerprint density at radius 1 is 1.28 bits per heavy atom. The standard InChI is InChI=1S/C12H12Cl2N2OS/c1-7(9-3-4-10(13)11(14)5-9)18-6-12-16-15-8(2)17-12/h3-5,7H,6H2,1-2H3. The zero-order valence-electron chi connectivity index (χ0n) is 9.98. The Morgan fingerprint density at radius 3 is 2.67 bits per heavy atom. The fourth-order valence-electron chi connectivity index (χ4n) is 1.45. The number of aromatic nitrogens is 2. The second kappa shape index (κ2) is 5.95. The van der Waals surface area contributed by atoms with Gasteiger partial charge in [-0.1, -0.05) is 29.3 Å². The Hall–Kier alpha value is -0.710. The number of benzene rings is 1. The van der Waals surface area contributed by atoms with Gasteiger partial charge < -0.3 is 4.42 Å². The monoisotopic (exact) mass is 302 g/mol. The van der Waals surface area contributed by atoms with Crippen molar-refractivity contribution in [1.82, 2.24) is 10.2 Å². The van der Waals surface area contributed by atoms with E-state index in [1.807, 2.05) is 18.2 Å². The van der Waals surface area contributed by atoms with E-state index in [0.717, 1.165) is 5.56 Å². The number of rotatable bonds is 4. The molecule has 0 fully saturated rings. The van der Waals surface area contributed by atoms with E-state index in [0.29, 0.717) is 27.6 Å². The second-order valence-corrected chi connectivity index (χ2v) is 5.99. The largest absolute Gasteiger partial charge is 0.425 e. The lowest BCUT2D eigenvalue weighted by atomic mass is 10.2. The maximum Gasteiger partial charge on any atom is 0.226 e. The van der Waals surface area contributed by atoms with Crippen molar-refractivity contribution in [2.24, 2.45) is 0 Å². The zero-order chi connectivity index (χ0) is 13.1. The van der Waals surface area contributed by atoms with Crippen LogP contribution in [0.2, 0.25) is 10.0 Å². The molecular weight excluding hydrogens is 291 g/mol. The number of hydrogen-bond acceptors (Lipinski definition) is 4. The van der Waals surface area contributed by atoms with Crippen molar-refractivity contribution in [1.29, 1.82) is 0 Å². The maximum absolute atomic E-state index is 6.00. The summed E-state index contributed by atoms with van der Waals surface area (Å²) < 4.78 is 5.32. The number of halogens is 2. The molecule has 18 heavy (non-hydrogen) atoms. The number of nitrogens with zero attached hydrogens (tertiary/aromatic N) is 2. The number of hydrogen-bond donors (Lipinski definition) is 0. The van der Waals surface area contributed by atoms with Crippen molar-refractivity contribution in [3.05, 3.63) is 45.6 Å². The summed E-state index contributed by atoms with van der Waals surface area (Å²) in [6, 6.07) is 5.68. The highest BCUT2D eigenvalue weighted by Gasteiger charge is 2.10. The molecule has 1 heterocycles. The molecule has 0 aliphatic rings. The molecule has 0 aliphatic heterocycles. The van der Waals surface area contributed by atoms with Gasteiger partial charge in [0.1, 0.15) is 0 Å². The summed E-state index contributed by atoms with van der Waals surface area (Å²) in [4.78, 5) is 0. The molecule has 3 nitrogen and oxygen atoms in total. The van der Waals surface area contributed by atoms with Crippen LogP contribution in [0.3, 0.4) is 0 Å². The molecule has 2 aromatic rings. The Kier molecular flexibility index (Phi) is 4.54. The molecule has 0 radical (unpaired) electrons. The van der Waals surface area contributed by atoms with E-state index in [2.05, 4.69) is 17.1 Å². The van der Waals surface area contributed by atoms with Gasteiger partial charge in [-0.15, -0.1) is 22.0 Å². The summed E-state index contributed by atoms with van der Waals surface area (Å²) in [6.07, 6.45) is 0. The smallest absolute Gasteiger partial charge is 0.226 e. The topological polar surface area (TPSA) is 38.9 Å². The van der Waals surface area contributed by atoms with Crippen molar-refractivity contribution in [2.75, 3.05) is 0 Å². The van der Waals surface area contributed by atoms with E-state index in [-0.39, 0.29) is 5.25 Å². The summed E-state index contributed by atoms with van der Waals surface area (Å²) in [5, 5.41) is 9.19. The molecule has 0 N–H and O–H groups in total. The first kappa shape index (κ1) is 13.7. The molecule has 96 valence electrons. The lowest BCUT2D eigenvalue weighted by Crippen LogP contribution is -1.90. The van der Waals surface area contributed by atoms with Gasteiger partial charge in [-0.2, -0.15) is 0 Å². The molecular formula is C12H12Cl2N2OS. The SMILES string of the molecule is Cc1nnc(CSC(C)c2ccc(Cl)c(Cl)c2)o1. The summed E-state index contributed by atoms with van der Waals surface area (Å²) >= 11 is 13.6. The minimum Gasteiger partial charge on any atom is -0.425 e. The molecule has 0 amide bonds. The summed E-state index contributed by atoms with van der Waals surface area (Å²) in [7, 11) is 0. The summed E-state index contributed by atoms with van der Waals surface area (Å²) in [6.45, 7) is 3.89. The van der Waals surface area contributed by atoms with Crippen molar-refractivity contribution < 1.29 is 4.42 Å². The Labute approximate surface area is 120 Å². The maximum atomic E-state index is 6.00. The van der Waals surface area contributed by atoms with E-state index in [4.69, 9.17) is 27.6 Å². The van der Waals surface area contributed by atoms with E-state index >= 15 is 0 Å². The van der Waals surface area contributed by atoms with Gasteiger partial charge in [0.05, 0.1) is 15.8 Å². The van der Waals surface area contributed by atoms with Gasteiger partial charge >= 0.3 is 0 Å². The van der Waals surface area contributed by atoms with Crippen LogP contribution < -0.4 is 0 Å². The Morgan fingerprint density at radius 2 is 2.06 bits per heavy atom. The van der Waals surface area contributed by atoms with E-state index in [9.17, 15) is 0 Å². The highest BCUT2D eigenvalue weighted by Crippen LogP contribution is 2.33. The van der Waals surface area contributed by atoms with Crippen LogP contribution in [0.4, 0.5) is 0 Å². The fraction of sp³-hybridized carbons (Fsp3) is 0.333. The molecule has 0 saturated heterocycles. The molecule has 6 heteroatoms. The highest BCUT2D eigenvalue weighted by molar-refractivity contribution is 7.98. The van der Waals surface area contributed by atoms with E-state index < -0.39 is 0 Å². The van der Waals surface area contributed by atoms with Crippen LogP contribution in [0, 0.1) is 6.92 Å². The van der Waals surface area contributed by atoms with E-state index in [1.54, 1.807) is 18.7 Å². The molecule has 1 aromatic carbocycles. The molecule has 2 rings (SSSR count). The first-order valence-electron chi connectivity index (χ1n) is 5.42. The molecule has 0 saturated carbocycles. The van der Waals surface area contributed by atoms with Crippen molar-refractivity contribution in [3.63, 3.8) is 0 Å². The first-order chi connectivity index (χ1) is 8.56. The Bertz CT molecular complexity index is 545. The normalized spacial score (nSPS) is 12.7. The molecule has 1 atom stereocenters. The molecule has 1 unspecified atom stereocenters. The molecule has 0 bridgehead atoms. The van der Waals surface area contributed by atoms with E-state index in [1.165, 1.54) is 0 Å². The molecule has 0 aliphatic carbocycles. The van der Waals surface area contributed by atoms with Gasteiger partial charge in [-0.05, 0) is 24.6 Å². The van der Waals surface area contributed by atoms with Crippen LogP contribution in [-0.2, 0) is 5.75 Å². The number of aryl methyl sites for hydroxylation is 1. The fourth-order valence-corrected chi connectivity index (χ4v) is 2.61. The van der Waals surface area contributed by atoms with Crippen LogP contribution in [0.1, 0.15) is 29.5 Å². The second-order valence-electron chi connectivity index (χ2n) is 3.84. The van der Waals surface area contributed by atoms with Crippen LogP contribution in [0.5, 0.6) is 0 Å². The summed E-state index contributed by atoms with van der Waals surface area (Å²) in [5.74, 6) is 1.92. The van der Waals surface area contributed by atoms with Gasteiger partial charge in [-0.25, -0.2) is 0 Å². The highest BCUT2D eigenvalue weighted by atomic mass is 35.5. The van der Waals surface area contributed by atoms with Crippen LogP contribution in [0.25, 0.3) is 0 Å². The predicted molar refractivity (Wildman–Crippen MR) is 75.2 cm³/mol. The average Bonchev–Trinajstić information content (AvgIpc) is 2.75. The van der Waals surface area contributed by atoms with Gasteiger partial charge in [0.2, 0.25) is 11.8 Å². The van der Waals surface area contributed by atoms with Gasteiger partial charge in [0, 0.05) is 12.2 Å².